The van der Waals surface area contributed by atoms with Crippen LogP contribution in [-0.2, 0) is 0 Å². The molecule has 1 saturated carbocycles. The van der Waals surface area contributed by atoms with Crippen LogP contribution in [0, 0.1) is 5.92 Å². The number of fused-ring (bicyclic) bond motifs is 1. The molecule has 0 unspecified atom stereocenters. The fraction of sp³-hybridized carbons (Fsp3) is 0.562. The average Bonchev–Trinajstić information content (AvgIpc) is 3.22. The van der Waals surface area contributed by atoms with Crippen molar-refractivity contribution in [2.75, 3.05) is 44.2 Å². The van der Waals surface area contributed by atoms with Crippen molar-refractivity contribution in [3.05, 3.63) is 23.8 Å². The predicted octanol–water partition coefficient (Wildman–Crippen LogP) is 1.79. The molecule has 2 aliphatic heterocycles. The summed E-state index contributed by atoms with van der Waals surface area (Å²) in [5.74, 6) is 1.87. The van der Waals surface area contributed by atoms with Crippen molar-refractivity contribution < 1.29 is 9.53 Å². The number of carbonyl (C=O) groups excluding carboxylic acids is 1. The number of para-hydroxylation sites is 1. The molecule has 0 aromatic heterocycles. The number of anilines is 1. The molecule has 106 valence electrons. The van der Waals surface area contributed by atoms with Crippen molar-refractivity contribution in [3.8, 4) is 5.75 Å². The summed E-state index contributed by atoms with van der Waals surface area (Å²) < 4.78 is 5.59. The maximum Gasteiger partial charge on any atom is 0.204 e. The molecule has 0 atom stereocenters. The van der Waals surface area contributed by atoms with Gasteiger partial charge in [0.2, 0.25) is 5.78 Å². The van der Waals surface area contributed by atoms with Crippen LogP contribution in [0.3, 0.4) is 0 Å². The number of nitrogens with zero attached hydrogens (tertiary/aromatic N) is 2. The van der Waals surface area contributed by atoms with E-state index in [1.54, 1.807) is 0 Å². The van der Waals surface area contributed by atoms with Crippen LogP contribution < -0.4 is 9.64 Å². The van der Waals surface area contributed by atoms with Gasteiger partial charge in [0, 0.05) is 32.7 Å². The van der Waals surface area contributed by atoms with Crippen LogP contribution in [0.5, 0.6) is 5.75 Å². The second-order valence-electron chi connectivity index (χ2n) is 6.10. The Hall–Kier alpha value is -1.55. The van der Waals surface area contributed by atoms with Crippen LogP contribution >= 0.6 is 0 Å². The normalized spacial score (nSPS) is 22.8. The highest BCUT2D eigenvalue weighted by atomic mass is 16.5. The Labute approximate surface area is 119 Å². The van der Waals surface area contributed by atoms with E-state index in [9.17, 15) is 4.79 Å². The van der Waals surface area contributed by atoms with E-state index in [0.29, 0.717) is 0 Å². The number of ketones is 1. The Morgan fingerprint density at radius 1 is 1.15 bits per heavy atom. The zero-order chi connectivity index (χ0) is 13.5. The highest BCUT2D eigenvalue weighted by molar-refractivity contribution is 6.04. The number of Topliss-reactive ketones (excluding diaryl/α,β-unsaturated/α-hetero) is 1. The first-order valence-electron chi connectivity index (χ1n) is 7.57. The third-order valence-electron chi connectivity index (χ3n) is 4.57. The van der Waals surface area contributed by atoms with Gasteiger partial charge in [0.15, 0.2) is 12.4 Å². The lowest BCUT2D eigenvalue weighted by Crippen LogP contribution is -2.47. The van der Waals surface area contributed by atoms with Gasteiger partial charge in [-0.05, 0) is 30.9 Å². The monoisotopic (exact) mass is 272 g/mol. The van der Waals surface area contributed by atoms with E-state index < -0.39 is 0 Å². The third-order valence-corrected chi connectivity index (χ3v) is 4.57. The van der Waals surface area contributed by atoms with Gasteiger partial charge < -0.3 is 9.64 Å². The molecule has 0 bridgehead atoms. The van der Waals surface area contributed by atoms with Crippen molar-refractivity contribution in [2.45, 2.75) is 12.8 Å². The number of piperazine rings is 1. The van der Waals surface area contributed by atoms with E-state index in [4.69, 9.17) is 4.74 Å². The van der Waals surface area contributed by atoms with Crippen LogP contribution in [-0.4, -0.2) is 50.0 Å². The van der Waals surface area contributed by atoms with Gasteiger partial charge >= 0.3 is 0 Å². The molecule has 0 amide bonds. The van der Waals surface area contributed by atoms with E-state index in [1.165, 1.54) is 19.4 Å². The van der Waals surface area contributed by atoms with Crippen molar-refractivity contribution in [1.82, 2.24) is 4.90 Å². The summed E-state index contributed by atoms with van der Waals surface area (Å²) in [5, 5.41) is 0. The van der Waals surface area contributed by atoms with Gasteiger partial charge in [-0.2, -0.15) is 0 Å². The Bertz CT molecular complexity index is 531. The highest BCUT2D eigenvalue weighted by Gasteiger charge is 2.29. The lowest BCUT2D eigenvalue weighted by Gasteiger charge is -2.36. The molecule has 0 radical (unpaired) electrons. The van der Waals surface area contributed by atoms with Gasteiger partial charge in [-0.1, -0.05) is 6.07 Å². The minimum atomic E-state index is 0.106. The second kappa shape index (κ2) is 4.77. The van der Waals surface area contributed by atoms with Crippen LogP contribution in [0.15, 0.2) is 18.2 Å². The molecular weight excluding hydrogens is 252 g/mol. The molecule has 0 spiro atoms. The van der Waals surface area contributed by atoms with Gasteiger partial charge in [-0.15, -0.1) is 0 Å². The summed E-state index contributed by atoms with van der Waals surface area (Å²) in [4.78, 5) is 16.7. The zero-order valence-corrected chi connectivity index (χ0v) is 11.7. The van der Waals surface area contributed by atoms with Crippen LogP contribution in [0.4, 0.5) is 5.69 Å². The molecule has 4 rings (SSSR count). The predicted molar refractivity (Wildman–Crippen MR) is 77.6 cm³/mol. The molecule has 1 aromatic rings. The molecule has 2 fully saturated rings. The minimum absolute atomic E-state index is 0.106. The Balaban J connectivity index is 1.48. The molecule has 1 aliphatic carbocycles. The van der Waals surface area contributed by atoms with Crippen molar-refractivity contribution in [1.29, 1.82) is 0 Å². The SMILES string of the molecule is O=C1COc2c1cccc2N1CCN(CC2CC2)CC1. The maximum atomic E-state index is 11.7. The topological polar surface area (TPSA) is 32.8 Å². The summed E-state index contributed by atoms with van der Waals surface area (Å²) in [6.45, 7) is 5.77. The highest BCUT2D eigenvalue weighted by Crippen LogP contribution is 2.37. The van der Waals surface area contributed by atoms with E-state index in [1.807, 2.05) is 12.1 Å². The quantitative estimate of drug-likeness (QED) is 0.840. The number of carbonyl (C=O) groups is 1. The molecule has 4 nitrogen and oxygen atoms in total. The largest absolute Gasteiger partial charge is 0.482 e. The van der Waals surface area contributed by atoms with Crippen LogP contribution in [0.25, 0.3) is 0 Å². The van der Waals surface area contributed by atoms with Crippen LogP contribution in [0.2, 0.25) is 0 Å². The maximum absolute atomic E-state index is 11.7. The number of benzene rings is 1. The molecule has 20 heavy (non-hydrogen) atoms. The molecular formula is C16H20N2O2. The van der Waals surface area contributed by atoms with Crippen molar-refractivity contribution >= 4 is 11.5 Å². The lowest BCUT2D eigenvalue weighted by molar-refractivity contribution is 0.0961. The Morgan fingerprint density at radius 3 is 2.70 bits per heavy atom. The van der Waals surface area contributed by atoms with Crippen molar-refractivity contribution in [3.63, 3.8) is 0 Å². The van der Waals surface area contributed by atoms with E-state index in [-0.39, 0.29) is 12.4 Å². The average molecular weight is 272 g/mol. The summed E-state index contributed by atoms with van der Waals surface area (Å²) in [6.07, 6.45) is 2.84. The van der Waals surface area contributed by atoms with Gasteiger partial charge in [-0.3, -0.25) is 9.69 Å². The van der Waals surface area contributed by atoms with E-state index >= 15 is 0 Å². The first kappa shape index (κ1) is 12.2. The number of rotatable bonds is 3. The van der Waals surface area contributed by atoms with Gasteiger partial charge in [0.05, 0.1) is 11.3 Å². The van der Waals surface area contributed by atoms with E-state index in [2.05, 4.69) is 15.9 Å². The van der Waals surface area contributed by atoms with Crippen molar-refractivity contribution in [2.24, 2.45) is 5.92 Å². The fourth-order valence-corrected chi connectivity index (χ4v) is 3.20. The van der Waals surface area contributed by atoms with Crippen LogP contribution in [0.1, 0.15) is 23.2 Å². The first-order valence-corrected chi connectivity index (χ1v) is 7.57. The van der Waals surface area contributed by atoms with E-state index in [0.717, 1.165) is 49.1 Å². The summed E-state index contributed by atoms with van der Waals surface area (Å²) >= 11 is 0. The summed E-state index contributed by atoms with van der Waals surface area (Å²) in [6, 6.07) is 5.92. The standard InChI is InChI=1S/C16H20N2O2/c19-15-11-20-16-13(15)2-1-3-14(16)18-8-6-17(7-9-18)10-12-4-5-12/h1-3,12H,4-11H2. The fourth-order valence-electron chi connectivity index (χ4n) is 3.20. The Morgan fingerprint density at radius 2 is 1.95 bits per heavy atom. The lowest BCUT2D eigenvalue weighted by atomic mass is 10.1. The van der Waals surface area contributed by atoms with Gasteiger partial charge in [-0.25, -0.2) is 0 Å². The molecule has 4 heteroatoms. The molecule has 3 aliphatic rings. The number of hydrogen-bond acceptors (Lipinski definition) is 4. The molecule has 1 saturated heterocycles. The first-order chi connectivity index (χ1) is 9.81. The molecule has 0 N–H and O–H groups in total. The van der Waals surface area contributed by atoms with Gasteiger partial charge in [0.25, 0.3) is 0 Å². The molecule has 2 heterocycles. The molecule has 1 aromatic carbocycles. The number of hydrogen-bond donors (Lipinski definition) is 0. The number of ether oxygens (including phenoxy) is 1. The Kier molecular flexibility index (Phi) is 2.91. The minimum Gasteiger partial charge on any atom is -0.482 e. The summed E-state index contributed by atoms with van der Waals surface area (Å²) in [7, 11) is 0. The third kappa shape index (κ3) is 2.18. The zero-order valence-electron chi connectivity index (χ0n) is 11.7. The second-order valence-corrected chi connectivity index (χ2v) is 6.10. The van der Waals surface area contributed by atoms with Gasteiger partial charge in [0.1, 0.15) is 0 Å². The smallest absolute Gasteiger partial charge is 0.204 e. The summed E-state index contributed by atoms with van der Waals surface area (Å²) in [5.41, 5.74) is 1.85.